The second-order valence-electron chi connectivity index (χ2n) is 7.13. The van der Waals surface area contributed by atoms with E-state index in [1.807, 2.05) is 35.8 Å². The molecule has 1 aromatic heterocycles. The SMILES string of the molecule is CCn1c(CCCc2ccc(Cl)cc2)nnc1SCC(=O)Cc1cccc(C(=O)O)c1. The van der Waals surface area contributed by atoms with Crippen LogP contribution < -0.4 is 0 Å². The number of carbonyl (C=O) groups is 2. The smallest absolute Gasteiger partial charge is 0.335 e. The molecule has 0 aliphatic rings. The van der Waals surface area contributed by atoms with Crippen LogP contribution in [0.4, 0.5) is 0 Å². The molecule has 3 rings (SSSR count). The van der Waals surface area contributed by atoms with Crippen LogP contribution in [0.3, 0.4) is 0 Å². The zero-order valence-electron chi connectivity index (χ0n) is 17.3. The Bertz CT molecular complexity index is 1050. The van der Waals surface area contributed by atoms with Crippen molar-refractivity contribution in [2.45, 2.75) is 44.3 Å². The highest BCUT2D eigenvalue weighted by Gasteiger charge is 2.14. The van der Waals surface area contributed by atoms with Crippen LogP contribution in [-0.2, 0) is 30.6 Å². The lowest BCUT2D eigenvalue weighted by Crippen LogP contribution is -2.09. The molecule has 0 aliphatic carbocycles. The van der Waals surface area contributed by atoms with E-state index in [4.69, 9.17) is 16.7 Å². The van der Waals surface area contributed by atoms with Crippen LogP contribution >= 0.6 is 23.4 Å². The number of thioether (sulfide) groups is 1. The van der Waals surface area contributed by atoms with Gasteiger partial charge >= 0.3 is 5.97 Å². The van der Waals surface area contributed by atoms with E-state index in [9.17, 15) is 9.59 Å². The highest BCUT2D eigenvalue weighted by atomic mass is 35.5. The fourth-order valence-corrected chi connectivity index (χ4v) is 4.28. The number of carbonyl (C=O) groups excluding carboxylic acids is 1. The van der Waals surface area contributed by atoms with Crippen molar-refractivity contribution in [2.24, 2.45) is 0 Å². The first-order chi connectivity index (χ1) is 15.0. The fourth-order valence-electron chi connectivity index (χ4n) is 3.27. The van der Waals surface area contributed by atoms with Gasteiger partial charge in [0, 0.05) is 24.4 Å². The third-order valence-corrected chi connectivity index (χ3v) is 6.10. The number of benzene rings is 2. The van der Waals surface area contributed by atoms with Crippen molar-refractivity contribution in [3.8, 4) is 0 Å². The number of rotatable bonds is 11. The van der Waals surface area contributed by atoms with Gasteiger partial charge < -0.3 is 9.67 Å². The number of aromatic carboxylic acids is 1. The average Bonchev–Trinajstić information content (AvgIpc) is 3.15. The summed E-state index contributed by atoms with van der Waals surface area (Å²) in [5.41, 5.74) is 2.12. The topological polar surface area (TPSA) is 85.1 Å². The molecule has 0 amide bonds. The molecule has 0 saturated heterocycles. The summed E-state index contributed by atoms with van der Waals surface area (Å²) in [6.07, 6.45) is 2.88. The molecule has 6 nitrogen and oxygen atoms in total. The highest BCUT2D eigenvalue weighted by Crippen LogP contribution is 2.19. The Morgan fingerprint density at radius 2 is 1.84 bits per heavy atom. The minimum absolute atomic E-state index is 0.0162. The molecule has 0 bridgehead atoms. The summed E-state index contributed by atoms with van der Waals surface area (Å²) in [6.45, 7) is 2.77. The first kappa shape index (κ1) is 23.0. The number of aryl methyl sites for hydroxylation is 2. The van der Waals surface area contributed by atoms with Crippen molar-refractivity contribution in [3.05, 3.63) is 76.1 Å². The minimum atomic E-state index is -0.997. The van der Waals surface area contributed by atoms with E-state index >= 15 is 0 Å². The molecule has 1 heterocycles. The lowest BCUT2D eigenvalue weighted by atomic mass is 10.1. The maximum Gasteiger partial charge on any atom is 0.335 e. The van der Waals surface area contributed by atoms with Crippen LogP contribution in [0.25, 0.3) is 0 Å². The molecule has 8 heteroatoms. The number of Topliss-reactive ketones (excluding diaryl/α,β-unsaturated/α-hetero) is 1. The van der Waals surface area contributed by atoms with E-state index in [1.54, 1.807) is 12.1 Å². The Labute approximate surface area is 190 Å². The van der Waals surface area contributed by atoms with E-state index in [-0.39, 0.29) is 23.5 Å². The number of ketones is 1. The Morgan fingerprint density at radius 3 is 2.55 bits per heavy atom. The Morgan fingerprint density at radius 1 is 1.06 bits per heavy atom. The van der Waals surface area contributed by atoms with Crippen LogP contribution in [0.1, 0.15) is 40.7 Å². The first-order valence-electron chi connectivity index (χ1n) is 10.1. The molecule has 0 radical (unpaired) electrons. The Balaban J connectivity index is 1.52. The standard InChI is InChI=1S/C23H24ClN3O3S/c1-2-27-21(8-4-5-16-9-11-19(24)12-10-16)25-26-23(27)31-15-20(28)14-17-6-3-7-18(13-17)22(29)30/h3,6-7,9-13H,2,4-5,8,14-15H2,1H3,(H,29,30). The van der Waals surface area contributed by atoms with Crippen molar-refractivity contribution in [1.29, 1.82) is 0 Å². The summed E-state index contributed by atoms with van der Waals surface area (Å²) >= 11 is 7.30. The maximum atomic E-state index is 12.4. The van der Waals surface area contributed by atoms with E-state index in [0.717, 1.165) is 41.8 Å². The Kier molecular flexibility index (Phi) is 8.26. The lowest BCUT2D eigenvalue weighted by molar-refractivity contribution is -0.116. The molecule has 162 valence electrons. The van der Waals surface area contributed by atoms with Crippen LogP contribution in [0.15, 0.2) is 53.7 Å². The minimum Gasteiger partial charge on any atom is -0.478 e. The molecule has 1 N–H and O–H groups in total. The second-order valence-corrected chi connectivity index (χ2v) is 8.51. The normalized spacial score (nSPS) is 10.9. The van der Waals surface area contributed by atoms with Gasteiger partial charge in [0.15, 0.2) is 5.16 Å². The second kappa shape index (κ2) is 11.1. The zero-order valence-corrected chi connectivity index (χ0v) is 18.8. The van der Waals surface area contributed by atoms with Gasteiger partial charge in [0.1, 0.15) is 11.6 Å². The van der Waals surface area contributed by atoms with Crippen molar-refractivity contribution < 1.29 is 14.7 Å². The third-order valence-electron chi connectivity index (χ3n) is 4.83. The molecule has 0 atom stereocenters. The molecule has 31 heavy (non-hydrogen) atoms. The van der Waals surface area contributed by atoms with E-state index in [2.05, 4.69) is 10.2 Å². The quantitative estimate of drug-likeness (QED) is 0.419. The third kappa shape index (κ3) is 6.67. The van der Waals surface area contributed by atoms with Gasteiger partial charge in [0.25, 0.3) is 0 Å². The summed E-state index contributed by atoms with van der Waals surface area (Å²) in [4.78, 5) is 23.5. The van der Waals surface area contributed by atoms with Gasteiger partial charge in [-0.3, -0.25) is 4.79 Å². The summed E-state index contributed by atoms with van der Waals surface area (Å²) in [6, 6.07) is 14.3. The van der Waals surface area contributed by atoms with Gasteiger partial charge in [-0.1, -0.05) is 47.6 Å². The number of halogens is 1. The molecule has 0 aliphatic heterocycles. The van der Waals surface area contributed by atoms with Gasteiger partial charge in [-0.15, -0.1) is 10.2 Å². The van der Waals surface area contributed by atoms with Crippen molar-refractivity contribution in [2.75, 3.05) is 5.75 Å². The molecule has 3 aromatic rings. The number of hydrogen-bond acceptors (Lipinski definition) is 5. The van der Waals surface area contributed by atoms with Crippen molar-refractivity contribution in [1.82, 2.24) is 14.8 Å². The van der Waals surface area contributed by atoms with Crippen LogP contribution in [0.5, 0.6) is 0 Å². The summed E-state index contributed by atoms with van der Waals surface area (Å²) < 4.78 is 2.05. The lowest BCUT2D eigenvalue weighted by Gasteiger charge is -2.07. The van der Waals surface area contributed by atoms with E-state index in [0.29, 0.717) is 5.56 Å². The maximum absolute atomic E-state index is 12.4. The number of nitrogens with zero attached hydrogens (tertiary/aromatic N) is 3. The van der Waals surface area contributed by atoms with Gasteiger partial charge in [-0.25, -0.2) is 4.79 Å². The summed E-state index contributed by atoms with van der Waals surface area (Å²) in [7, 11) is 0. The molecule has 0 saturated carbocycles. The molecule has 0 fully saturated rings. The average molecular weight is 458 g/mol. The number of carboxylic acids is 1. The zero-order chi connectivity index (χ0) is 22.2. The summed E-state index contributed by atoms with van der Waals surface area (Å²) in [5.74, 6) is 0.201. The monoisotopic (exact) mass is 457 g/mol. The predicted octanol–water partition coefficient (Wildman–Crippen LogP) is 4.73. The number of carboxylic acid groups (broad SMARTS) is 1. The fraction of sp³-hybridized carbons (Fsp3) is 0.304. The molecular formula is C23H24ClN3O3S. The van der Waals surface area contributed by atoms with Crippen molar-refractivity contribution >= 4 is 35.1 Å². The van der Waals surface area contributed by atoms with E-state index < -0.39 is 5.97 Å². The number of hydrogen-bond donors (Lipinski definition) is 1. The van der Waals surface area contributed by atoms with Crippen LogP contribution in [0.2, 0.25) is 5.02 Å². The van der Waals surface area contributed by atoms with Crippen LogP contribution in [-0.4, -0.2) is 37.4 Å². The Hall–Kier alpha value is -2.64. The first-order valence-corrected chi connectivity index (χ1v) is 11.5. The van der Waals surface area contributed by atoms with Crippen molar-refractivity contribution in [3.63, 3.8) is 0 Å². The summed E-state index contributed by atoms with van der Waals surface area (Å²) in [5, 5.41) is 19.1. The number of aromatic nitrogens is 3. The molecule has 0 unspecified atom stereocenters. The van der Waals surface area contributed by atoms with Gasteiger partial charge in [-0.2, -0.15) is 0 Å². The van der Waals surface area contributed by atoms with E-state index in [1.165, 1.54) is 29.5 Å². The van der Waals surface area contributed by atoms with Gasteiger partial charge in [0.05, 0.1) is 11.3 Å². The van der Waals surface area contributed by atoms with Gasteiger partial charge in [-0.05, 0) is 55.2 Å². The molecule has 0 spiro atoms. The largest absolute Gasteiger partial charge is 0.478 e. The highest BCUT2D eigenvalue weighted by molar-refractivity contribution is 7.99. The van der Waals surface area contributed by atoms with Crippen LogP contribution in [0, 0.1) is 0 Å². The van der Waals surface area contributed by atoms with Gasteiger partial charge in [0.2, 0.25) is 0 Å². The molecular weight excluding hydrogens is 434 g/mol. The predicted molar refractivity (Wildman–Crippen MR) is 122 cm³/mol. The molecule has 2 aromatic carbocycles.